The van der Waals surface area contributed by atoms with Gasteiger partial charge in [0, 0.05) is 37.8 Å². The molecule has 1 unspecified atom stereocenters. The number of ether oxygens (including phenoxy) is 1. The average Bonchev–Trinajstić information content (AvgIpc) is 3.22. The van der Waals surface area contributed by atoms with Gasteiger partial charge in [0.1, 0.15) is 6.10 Å². The summed E-state index contributed by atoms with van der Waals surface area (Å²) in [6, 6.07) is 8.22. The zero-order valence-electron chi connectivity index (χ0n) is 15.5. The summed E-state index contributed by atoms with van der Waals surface area (Å²) in [4.78, 5) is 30.8. The fourth-order valence-electron chi connectivity index (χ4n) is 4.20. The second-order valence-corrected chi connectivity index (χ2v) is 7.77. The summed E-state index contributed by atoms with van der Waals surface area (Å²) in [6.45, 7) is 11.4. The molecule has 3 fully saturated rings. The van der Waals surface area contributed by atoms with Crippen molar-refractivity contribution in [3.8, 4) is 0 Å². The van der Waals surface area contributed by atoms with Gasteiger partial charge >= 0.3 is 6.09 Å². The van der Waals surface area contributed by atoms with E-state index in [-0.39, 0.29) is 24.1 Å². The number of amides is 2. The van der Waals surface area contributed by atoms with Crippen LogP contribution in [0.1, 0.15) is 26.2 Å². The number of anilines is 2. The number of nitrogens with one attached hydrogen (secondary N) is 1. The molecule has 0 bridgehead atoms. The van der Waals surface area contributed by atoms with Gasteiger partial charge in [-0.15, -0.1) is 0 Å². The lowest BCUT2D eigenvalue weighted by molar-refractivity contribution is -0.119. The minimum absolute atomic E-state index is 0.133. The standard InChI is InChI=1S/C20H24N4O3/c1-14(25)22-12-17-13-24(19(26)27-17)16-5-3-15(4-6-16)23-9-7-20(8-10-23)11-18(20)21-2/h3-6,17-18H,7-13H2,1H3,(H,22,25)/t17-,18?/m0/s1. The van der Waals surface area contributed by atoms with Crippen molar-refractivity contribution in [1.82, 2.24) is 5.32 Å². The van der Waals surface area contributed by atoms with E-state index in [1.54, 1.807) is 4.90 Å². The Labute approximate surface area is 159 Å². The highest BCUT2D eigenvalue weighted by Gasteiger charge is 2.61. The molecule has 2 aliphatic heterocycles. The van der Waals surface area contributed by atoms with Crippen molar-refractivity contribution in [3.05, 3.63) is 35.7 Å². The van der Waals surface area contributed by atoms with Gasteiger partial charge in [-0.3, -0.25) is 9.69 Å². The molecule has 7 heteroatoms. The van der Waals surface area contributed by atoms with E-state index in [1.807, 2.05) is 24.3 Å². The molecule has 1 saturated carbocycles. The molecule has 7 nitrogen and oxygen atoms in total. The molecule has 2 saturated heterocycles. The van der Waals surface area contributed by atoms with Crippen LogP contribution in [0.5, 0.6) is 0 Å². The summed E-state index contributed by atoms with van der Waals surface area (Å²) in [6.07, 6.45) is 2.54. The number of piperidine rings is 1. The Hall–Kier alpha value is -2.75. The lowest BCUT2D eigenvalue weighted by Gasteiger charge is -2.33. The number of benzene rings is 1. The minimum Gasteiger partial charge on any atom is -0.442 e. The van der Waals surface area contributed by atoms with Crippen LogP contribution in [0, 0.1) is 12.0 Å². The van der Waals surface area contributed by atoms with Crippen molar-refractivity contribution < 1.29 is 14.3 Å². The minimum atomic E-state index is -0.378. The quantitative estimate of drug-likeness (QED) is 0.829. The normalized spacial score (nSPS) is 25.9. The van der Waals surface area contributed by atoms with E-state index in [2.05, 4.69) is 15.1 Å². The molecule has 2 heterocycles. The van der Waals surface area contributed by atoms with Gasteiger partial charge in [-0.05, 0) is 37.1 Å². The molecule has 4 rings (SSSR count). The maximum Gasteiger partial charge on any atom is 0.414 e. The van der Waals surface area contributed by atoms with Gasteiger partial charge < -0.3 is 19.8 Å². The zero-order chi connectivity index (χ0) is 19.0. The van der Waals surface area contributed by atoms with Crippen LogP contribution in [0.3, 0.4) is 0 Å². The first kappa shape index (κ1) is 17.7. The van der Waals surface area contributed by atoms with Gasteiger partial charge in [0.25, 0.3) is 0 Å². The Kier molecular flexibility index (Phi) is 4.42. The highest BCUT2D eigenvalue weighted by atomic mass is 16.6. The van der Waals surface area contributed by atoms with Crippen LogP contribution in [0.25, 0.3) is 4.85 Å². The monoisotopic (exact) mass is 368 g/mol. The first-order chi connectivity index (χ1) is 13.0. The second kappa shape index (κ2) is 6.76. The molecule has 1 aromatic rings. The van der Waals surface area contributed by atoms with Crippen molar-refractivity contribution in [1.29, 1.82) is 0 Å². The molecular weight excluding hydrogens is 344 g/mol. The van der Waals surface area contributed by atoms with Crippen LogP contribution in [0.4, 0.5) is 16.2 Å². The maximum absolute atomic E-state index is 12.1. The largest absolute Gasteiger partial charge is 0.442 e. The van der Waals surface area contributed by atoms with Gasteiger partial charge in [-0.25, -0.2) is 11.4 Å². The molecular formula is C20H24N4O3. The fraction of sp³-hybridized carbons (Fsp3) is 0.550. The SMILES string of the molecule is [C-]#[N+]C1CC12CCN(c1ccc(N3C[C@H](CNC(C)=O)OC3=O)cc1)CC2. The number of hydrogen-bond acceptors (Lipinski definition) is 4. The first-order valence-corrected chi connectivity index (χ1v) is 9.45. The van der Waals surface area contributed by atoms with E-state index in [0.717, 1.165) is 43.7 Å². The molecule has 142 valence electrons. The molecule has 1 N–H and O–H groups in total. The van der Waals surface area contributed by atoms with E-state index < -0.39 is 0 Å². The van der Waals surface area contributed by atoms with Gasteiger partial charge in [0.2, 0.25) is 11.9 Å². The third-order valence-corrected chi connectivity index (χ3v) is 6.04. The molecule has 2 atom stereocenters. The van der Waals surface area contributed by atoms with Crippen LogP contribution in [-0.2, 0) is 9.53 Å². The summed E-state index contributed by atoms with van der Waals surface area (Å²) in [5.74, 6) is -0.133. The lowest BCUT2D eigenvalue weighted by Crippen LogP contribution is -2.35. The number of cyclic esters (lactones) is 1. The van der Waals surface area contributed by atoms with Gasteiger partial charge in [-0.1, -0.05) is 0 Å². The number of rotatable bonds is 4. The van der Waals surface area contributed by atoms with Crippen LogP contribution >= 0.6 is 0 Å². The van der Waals surface area contributed by atoms with Crippen molar-refractivity contribution in [2.75, 3.05) is 36.0 Å². The molecule has 0 radical (unpaired) electrons. The molecule has 1 spiro atoms. The van der Waals surface area contributed by atoms with Gasteiger partial charge in [0.15, 0.2) is 0 Å². The smallest absolute Gasteiger partial charge is 0.414 e. The van der Waals surface area contributed by atoms with Crippen LogP contribution in [0.2, 0.25) is 0 Å². The second-order valence-electron chi connectivity index (χ2n) is 7.77. The van der Waals surface area contributed by atoms with Crippen molar-refractivity contribution in [3.63, 3.8) is 0 Å². The Morgan fingerprint density at radius 1 is 1.30 bits per heavy atom. The molecule has 3 aliphatic rings. The van der Waals surface area contributed by atoms with Gasteiger partial charge in [-0.2, -0.15) is 0 Å². The highest BCUT2D eigenvalue weighted by Crippen LogP contribution is 2.56. The zero-order valence-corrected chi connectivity index (χ0v) is 15.5. The Balaban J connectivity index is 1.35. The summed E-state index contributed by atoms with van der Waals surface area (Å²) < 4.78 is 5.31. The van der Waals surface area contributed by atoms with Crippen molar-refractivity contribution >= 4 is 23.4 Å². The third-order valence-electron chi connectivity index (χ3n) is 6.04. The molecule has 1 aromatic carbocycles. The van der Waals surface area contributed by atoms with Crippen LogP contribution in [0.15, 0.2) is 24.3 Å². The van der Waals surface area contributed by atoms with Crippen LogP contribution in [-0.4, -0.2) is 50.3 Å². The van der Waals surface area contributed by atoms with Crippen LogP contribution < -0.4 is 15.1 Å². The molecule has 27 heavy (non-hydrogen) atoms. The van der Waals surface area contributed by atoms with E-state index in [1.165, 1.54) is 6.92 Å². The number of carbonyl (C=O) groups excluding carboxylic acids is 2. The van der Waals surface area contributed by atoms with E-state index >= 15 is 0 Å². The molecule has 2 amide bonds. The summed E-state index contributed by atoms with van der Waals surface area (Å²) in [5.41, 5.74) is 2.24. The van der Waals surface area contributed by atoms with E-state index in [4.69, 9.17) is 11.3 Å². The first-order valence-electron chi connectivity index (χ1n) is 9.45. The number of nitrogens with zero attached hydrogens (tertiary/aromatic N) is 3. The average molecular weight is 368 g/mol. The third kappa shape index (κ3) is 3.44. The fourth-order valence-corrected chi connectivity index (χ4v) is 4.20. The summed E-state index contributed by atoms with van der Waals surface area (Å²) in [7, 11) is 0. The Morgan fingerprint density at radius 2 is 1.96 bits per heavy atom. The number of carbonyl (C=O) groups is 2. The lowest BCUT2D eigenvalue weighted by atomic mass is 9.92. The predicted octanol–water partition coefficient (Wildman–Crippen LogP) is 2.43. The summed E-state index contributed by atoms with van der Waals surface area (Å²) >= 11 is 0. The molecule has 1 aliphatic carbocycles. The number of hydrogen-bond donors (Lipinski definition) is 1. The van der Waals surface area contributed by atoms with E-state index in [0.29, 0.717) is 18.5 Å². The Bertz CT molecular complexity index is 777. The predicted molar refractivity (Wildman–Crippen MR) is 102 cm³/mol. The summed E-state index contributed by atoms with van der Waals surface area (Å²) in [5, 5.41) is 2.68. The maximum atomic E-state index is 12.1. The topological polar surface area (TPSA) is 66.2 Å². The van der Waals surface area contributed by atoms with Gasteiger partial charge in [0.05, 0.1) is 18.5 Å². The van der Waals surface area contributed by atoms with Crippen molar-refractivity contribution in [2.45, 2.75) is 38.3 Å². The highest BCUT2D eigenvalue weighted by molar-refractivity contribution is 5.90. The van der Waals surface area contributed by atoms with Crippen molar-refractivity contribution in [2.24, 2.45) is 5.41 Å². The van der Waals surface area contributed by atoms with E-state index in [9.17, 15) is 9.59 Å². The Morgan fingerprint density at radius 3 is 2.56 bits per heavy atom. The molecule has 0 aromatic heterocycles.